The SMILES string of the molecule is CC(C)CC1(c2cc(-c3cncc(Cl)c3)ccc2O)N=C(N)OCC1(F)F. The number of nitrogens with two attached hydrogens (primary N) is 1. The van der Waals surface area contributed by atoms with Gasteiger partial charge in [0.1, 0.15) is 5.75 Å². The third-order valence-corrected chi connectivity index (χ3v) is 4.70. The predicted octanol–water partition coefficient (Wildman–Crippen LogP) is 4.33. The van der Waals surface area contributed by atoms with Crippen molar-refractivity contribution < 1.29 is 18.6 Å². The van der Waals surface area contributed by atoms with E-state index in [1.54, 1.807) is 32.2 Å². The number of amidine groups is 1. The smallest absolute Gasteiger partial charge is 0.310 e. The van der Waals surface area contributed by atoms with Gasteiger partial charge in [0.2, 0.25) is 0 Å². The Bertz CT molecular complexity index is 889. The Morgan fingerprint density at radius 1 is 1.26 bits per heavy atom. The van der Waals surface area contributed by atoms with Crippen molar-refractivity contribution in [2.75, 3.05) is 6.61 Å². The Labute approximate surface area is 160 Å². The number of hydrogen-bond donors (Lipinski definition) is 2. The van der Waals surface area contributed by atoms with Crippen LogP contribution in [0.2, 0.25) is 5.02 Å². The number of phenolic OH excluding ortho intramolecular Hbond substituents is 1. The lowest BCUT2D eigenvalue weighted by Crippen LogP contribution is -2.53. The molecule has 0 spiro atoms. The lowest BCUT2D eigenvalue weighted by Gasteiger charge is -2.41. The van der Waals surface area contributed by atoms with E-state index < -0.39 is 18.1 Å². The van der Waals surface area contributed by atoms with Gasteiger partial charge in [0.15, 0.2) is 12.1 Å². The lowest BCUT2D eigenvalue weighted by atomic mass is 9.76. The number of phenols is 1. The summed E-state index contributed by atoms with van der Waals surface area (Å²) >= 11 is 5.99. The van der Waals surface area contributed by atoms with Crippen LogP contribution >= 0.6 is 11.6 Å². The van der Waals surface area contributed by atoms with E-state index in [0.29, 0.717) is 16.1 Å². The number of hydrogen-bond acceptors (Lipinski definition) is 5. The van der Waals surface area contributed by atoms with Crippen LogP contribution in [0.5, 0.6) is 5.75 Å². The molecule has 1 unspecified atom stereocenters. The number of pyridine rings is 1. The molecule has 0 saturated heterocycles. The first kappa shape index (κ1) is 19.4. The van der Waals surface area contributed by atoms with Crippen molar-refractivity contribution in [1.82, 2.24) is 4.98 Å². The maximum Gasteiger partial charge on any atom is 0.310 e. The van der Waals surface area contributed by atoms with Crippen molar-refractivity contribution >= 4 is 17.6 Å². The number of alkyl halides is 2. The molecule has 0 amide bonds. The van der Waals surface area contributed by atoms with E-state index in [2.05, 4.69) is 9.98 Å². The third kappa shape index (κ3) is 3.56. The van der Waals surface area contributed by atoms with Gasteiger partial charge < -0.3 is 15.6 Å². The summed E-state index contributed by atoms with van der Waals surface area (Å²) in [7, 11) is 0. The van der Waals surface area contributed by atoms with Gasteiger partial charge in [-0.15, -0.1) is 0 Å². The predicted molar refractivity (Wildman–Crippen MR) is 100 cm³/mol. The van der Waals surface area contributed by atoms with Crippen LogP contribution in [0, 0.1) is 5.92 Å². The van der Waals surface area contributed by atoms with Crippen molar-refractivity contribution in [2.24, 2.45) is 16.6 Å². The standard InChI is InChI=1S/C19H20ClF2N3O2/c1-11(2)7-18(19(21,22)10-27-17(23)25-18)15-6-12(3-4-16(15)26)13-5-14(20)9-24-8-13/h3-6,8-9,11,26H,7,10H2,1-2H3,(H2,23,25). The van der Waals surface area contributed by atoms with Crippen LogP contribution < -0.4 is 5.73 Å². The van der Waals surface area contributed by atoms with Crippen LogP contribution in [0.15, 0.2) is 41.7 Å². The molecule has 5 nitrogen and oxygen atoms in total. The highest BCUT2D eigenvalue weighted by atomic mass is 35.5. The second kappa shape index (κ2) is 6.96. The van der Waals surface area contributed by atoms with Crippen LogP contribution in [-0.4, -0.2) is 28.6 Å². The minimum atomic E-state index is -3.36. The average molecular weight is 396 g/mol. The van der Waals surface area contributed by atoms with Gasteiger partial charge in [0, 0.05) is 23.5 Å². The molecule has 0 aliphatic carbocycles. The van der Waals surface area contributed by atoms with Gasteiger partial charge in [0.25, 0.3) is 6.02 Å². The maximum atomic E-state index is 15.1. The van der Waals surface area contributed by atoms with Gasteiger partial charge in [-0.05, 0) is 36.1 Å². The zero-order valence-electron chi connectivity index (χ0n) is 14.9. The molecule has 8 heteroatoms. The molecule has 27 heavy (non-hydrogen) atoms. The molecule has 0 saturated carbocycles. The number of rotatable bonds is 4. The van der Waals surface area contributed by atoms with Crippen LogP contribution in [0.3, 0.4) is 0 Å². The zero-order chi connectivity index (χ0) is 19.8. The monoisotopic (exact) mass is 395 g/mol. The normalized spacial score (nSPS) is 21.6. The van der Waals surface area contributed by atoms with Crippen molar-refractivity contribution in [3.63, 3.8) is 0 Å². The Morgan fingerprint density at radius 3 is 2.67 bits per heavy atom. The number of ether oxygens (including phenoxy) is 1. The summed E-state index contributed by atoms with van der Waals surface area (Å²) in [6.45, 7) is 2.71. The molecule has 2 heterocycles. The zero-order valence-corrected chi connectivity index (χ0v) is 15.7. The van der Waals surface area contributed by atoms with E-state index >= 15 is 8.78 Å². The van der Waals surface area contributed by atoms with Crippen LogP contribution in [0.4, 0.5) is 8.78 Å². The molecule has 1 aromatic carbocycles. The van der Waals surface area contributed by atoms with Crippen molar-refractivity contribution in [3.8, 4) is 16.9 Å². The summed E-state index contributed by atoms with van der Waals surface area (Å²) in [4.78, 5) is 8.03. The molecule has 0 radical (unpaired) electrons. The highest BCUT2D eigenvalue weighted by molar-refractivity contribution is 6.30. The molecular formula is C19H20ClF2N3O2. The summed E-state index contributed by atoms with van der Waals surface area (Å²) in [6, 6.07) is 5.81. The van der Waals surface area contributed by atoms with Gasteiger partial charge in [-0.2, -0.15) is 8.78 Å². The fourth-order valence-electron chi connectivity index (χ4n) is 3.36. The van der Waals surface area contributed by atoms with Crippen molar-refractivity contribution in [2.45, 2.75) is 31.7 Å². The highest BCUT2D eigenvalue weighted by Gasteiger charge is 2.59. The highest BCUT2D eigenvalue weighted by Crippen LogP contribution is 2.51. The summed E-state index contributed by atoms with van der Waals surface area (Å²) in [5, 5.41) is 10.9. The number of aliphatic imine (C=N–C) groups is 1. The number of benzene rings is 1. The van der Waals surface area contributed by atoms with Crippen molar-refractivity contribution in [3.05, 3.63) is 47.2 Å². The van der Waals surface area contributed by atoms with Crippen LogP contribution in [0.1, 0.15) is 25.8 Å². The minimum absolute atomic E-state index is 0.00933. The number of halogens is 3. The average Bonchev–Trinajstić information content (AvgIpc) is 2.58. The summed E-state index contributed by atoms with van der Waals surface area (Å²) in [5.41, 5.74) is 4.82. The Balaban J connectivity index is 2.24. The van der Waals surface area contributed by atoms with E-state index in [0.717, 1.165) is 0 Å². The lowest BCUT2D eigenvalue weighted by molar-refractivity contribution is -0.129. The molecule has 3 N–H and O–H groups in total. The third-order valence-electron chi connectivity index (χ3n) is 4.49. The quantitative estimate of drug-likeness (QED) is 0.807. The maximum absolute atomic E-state index is 15.1. The first-order chi connectivity index (χ1) is 12.6. The first-order valence-corrected chi connectivity index (χ1v) is 8.83. The number of aromatic hydroxyl groups is 1. The fraction of sp³-hybridized carbons (Fsp3) is 0.368. The van der Waals surface area contributed by atoms with Gasteiger partial charge in [-0.3, -0.25) is 4.98 Å². The van der Waals surface area contributed by atoms with Gasteiger partial charge in [-0.25, -0.2) is 4.99 Å². The van der Waals surface area contributed by atoms with Gasteiger partial charge >= 0.3 is 5.92 Å². The fourth-order valence-corrected chi connectivity index (χ4v) is 3.53. The molecule has 1 aliphatic rings. The topological polar surface area (TPSA) is 80.7 Å². The second-order valence-electron chi connectivity index (χ2n) is 7.03. The Morgan fingerprint density at radius 2 is 2.00 bits per heavy atom. The molecule has 2 aromatic rings. The minimum Gasteiger partial charge on any atom is -0.508 e. The Kier molecular flexibility index (Phi) is 4.99. The summed E-state index contributed by atoms with van der Waals surface area (Å²) in [5.74, 6) is -3.78. The van der Waals surface area contributed by atoms with Crippen LogP contribution in [-0.2, 0) is 10.3 Å². The van der Waals surface area contributed by atoms with Gasteiger partial charge in [0.05, 0.1) is 5.02 Å². The largest absolute Gasteiger partial charge is 0.508 e. The van der Waals surface area contributed by atoms with E-state index in [9.17, 15) is 5.11 Å². The molecular weight excluding hydrogens is 376 g/mol. The molecule has 0 bridgehead atoms. The molecule has 1 atom stereocenters. The van der Waals surface area contributed by atoms with Gasteiger partial charge in [-0.1, -0.05) is 31.5 Å². The first-order valence-electron chi connectivity index (χ1n) is 8.45. The molecule has 0 fully saturated rings. The van der Waals surface area contributed by atoms with Crippen LogP contribution in [0.25, 0.3) is 11.1 Å². The summed E-state index contributed by atoms with van der Waals surface area (Å²) < 4.78 is 35.0. The summed E-state index contributed by atoms with van der Waals surface area (Å²) in [6.07, 6.45) is 3.02. The number of aromatic nitrogens is 1. The number of nitrogens with zero attached hydrogens (tertiary/aromatic N) is 2. The molecule has 1 aliphatic heterocycles. The van der Waals surface area contributed by atoms with E-state index in [1.807, 2.05) is 0 Å². The molecule has 1 aromatic heterocycles. The molecule has 3 rings (SSSR count). The Hall–Kier alpha value is -2.41. The van der Waals surface area contributed by atoms with Crippen molar-refractivity contribution in [1.29, 1.82) is 0 Å². The van der Waals surface area contributed by atoms with E-state index in [4.69, 9.17) is 22.1 Å². The van der Waals surface area contributed by atoms with E-state index in [1.165, 1.54) is 18.3 Å². The molecule has 144 valence electrons. The second-order valence-corrected chi connectivity index (χ2v) is 7.46. The van der Waals surface area contributed by atoms with E-state index in [-0.39, 0.29) is 29.7 Å².